The second kappa shape index (κ2) is 7.74. The van der Waals surface area contributed by atoms with Crippen molar-refractivity contribution < 1.29 is 13.7 Å². The maximum absolute atomic E-state index is 13.3. The van der Waals surface area contributed by atoms with Crippen molar-refractivity contribution >= 4 is 16.9 Å². The Balaban J connectivity index is 1.30. The summed E-state index contributed by atoms with van der Waals surface area (Å²) in [6, 6.07) is 4.98. The molecule has 1 atom stereocenters. The third kappa shape index (κ3) is 3.90. The van der Waals surface area contributed by atoms with Crippen molar-refractivity contribution in [2.24, 2.45) is 0 Å². The molecule has 2 fully saturated rings. The minimum atomic E-state index is -0.291. The molecule has 3 heterocycles. The van der Waals surface area contributed by atoms with Crippen LogP contribution < -0.4 is 5.32 Å². The van der Waals surface area contributed by atoms with Gasteiger partial charge in [0.2, 0.25) is 5.91 Å². The molecule has 2 aliphatic rings. The van der Waals surface area contributed by atoms with Gasteiger partial charge in [-0.05, 0) is 57.3 Å². The van der Waals surface area contributed by atoms with E-state index < -0.39 is 0 Å². The zero-order chi connectivity index (χ0) is 17.9. The number of nitrogens with zero attached hydrogens (tertiary/aromatic N) is 2. The highest BCUT2D eigenvalue weighted by Crippen LogP contribution is 2.32. The van der Waals surface area contributed by atoms with Crippen LogP contribution in [0.5, 0.6) is 0 Å². The molecule has 1 unspecified atom stereocenters. The highest BCUT2D eigenvalue weighted by molar-refractivity contribution is 5.80. The van der Waals surface area contributed by atoms with Crippen molar-refractivity contribution in [1.29, 1.82) is 0 Å². The van der Waals surface area contributed by atoms with E-state index in [1.807, 2.05) is 0 Å². The number of piperidine rings is 1. The van der Waals surface area contributed by atoms with E-state index in [1.165, 1.54) is 12.1 Å². The Morgan fingerprint density at radius 1 is 1.23 bits per heavy atom. The molecule has 0 spiro atoms. The summed E-state index contributed by atoms with van der Waals surface area (Å²) < 4.78 is 18.6. The number of nitrogens with one attached hydrogen (secondary N) is 1. The van der Waals surface area contributed by atoms with E-state index in [2.05, 4.69) is 15.4 Å². The number of rotatable bonds is 4. The number of carbonyl (C=O) groups excluding carboxylic acids is 1. The van der Waals surface area contributed by atoms with E-state index in [0.29, 0.717) is 24.0 Å². The smallest absolute Gasteiger partial charge is 0.220 e. The predicted molar refractivity (Wildman–Crippen MR) is 97.4 cm³/mol. The number of amides is 1. The van der Waals surface area contributed by atoms with Crippen LogP contribution in [0.2, 0.25) is 0 Å². The number of hydrogen-bond acceptors (Lipinski definition) is 4. The number of hydrogen-bond donors (Lipinski definition) is 1. The fraction of sp³-hybridized carbons (Fsp3) is 0.600. The minimum Gasteiger partial charge on any atom is -0.356 e. The van der Waals surface area contributed by atoms with Gasteiger partial charge in [0.1, 0.15) is 5.82 Å². The van der Waals surface area contributed by atoms with E-state index in [0.717, 1.165) is 69.2 Å². The Bertz CT molecular complexity index is 768. The van der Waals surface area contributed by atoms with E-state index >= 15 is 0 Å². The molecule has 0 radical (unpaired) electrons. The van der Waals surface area contributed by atoms with Crippen molar-refractivity contribution in [3.05, 3.63) is 29.7 Å². The average molecular weight is 359 g/mol. The molecule has 140 valence electrons. The number of likely N-dealkylation sites (tertiary alicyclic amines) is 1. The van der Waals surface area contributed by atoms with Crippen LogP contribution in [0.15, 0.2) is 22.7 Å². The molecular formula is C20H26FN3O2. The first-order valence-electron chi connectivity index (χ1n) is 9.75. The van der Waals surface area contributed by atoms with Gasteiger partial charge in [-0.2, -0.15) is 0 Å². The van der Waals surface area contributed by atoms with Gasteiger partial charge in [-0.25, -0.2) is 4.39 Å². The number of carbonyl (C=O) groups is 1. The fourth-order valence-corrected chi connectivity index (χ4v) is 4.26. The molecule has 6 heteroatoms. The zero-order valence-electron chi connectivity index (χ0n) is 15.0. The second-order valence-electron chi connectivity index (χ2n) is 7.62. The van der Waals surface area contributed by atoms with Gasteiger partial charge in [-0.3, -0.25) is 4.79 Å². The molecule has 5 nitrogen and oxygen atoms in total. The lowest BCUT2D eigenvalue weighted by Crippen LogP contribution is -2.39. The first kappa shape index (κ1) is 17.5. The molecule has 0 aliphatic carbocycles. The van der Waals surface area contributed by atoms with Gasteiger partial charge >= 0.3 is 0 Å². The SMILES string of the molecule is O=C1CCCCC(CCN2CCC(c3noc4cc(F)ccc34)CC2)N1. The molecule has 1 amide bonds. The van der Waals surface area contributed by atoms with Crippen LogP contribution in [-0.2, 0) is 4.79 Å². The summed E-state index contributed by atoms with van der Waals surface area (Å²) in [5.41, 5.74) is 1.50. The molecule has 4 rings (SSSR count). The normalized spacial score (nSPS) is 23.1. The Morgan fingerprint density at radius 2 is 2.08 bits per heavy atom. The average Bonchev–Trinajstić information content (AvgIpc) is 2.94. The fourth-order valence-electron chi connectivity index (χ4n) is 4.26. The standard InChI is InChI=1S/C20H26FN3O2/c21-15-5-6-17-18(13-15)26-23-20(17)14-7-10-24(11-8-14)12-9-16-3-1-2-4-19(25)22-16/h5-6,13-14,16H,1-4,7-12H2,(H,22,25). The first-order valence-corrected chi connectivity index (χ1v) is 9.75. The highest BCUT2D eigenvalue weighted by Gasteiger charge is 2.26. The quantitative estimate of drug-likeness (QED) is 0.906. The molecule has 1 N–H and O–H groups in total. The molecule has 0 saturated carbocycles. The Morgan fingerprint density at radius 3 is 2.92 bits per heavy atom. The van der Waals surface area contributed by atoms with Crippen LogP contribution in [0.25, 0.3) is 11.0 Å². The van der Waals surface area contributed by atoms with Crippen molar-refractivity contribution in [2.75, 3.05) is 19.6 Å². The molecular weight excluding hydrogens is 333 g/mol. The van der Waals surface area contributed by atoms with E-state index in [9.17, 15) is 9.18 Å². The molecule has 0 bridgehead atoms. The van der Waals surface area contributed by atoms with Gasteiger partial charge in [0.25, 0.3) is 0 Å². The van der Waals surface area contributed by atoms with E-state index in [-0.39, 0.29) is 11.7 Å². The van der Waals surface area contributed by atoms with Gasteiger partial charge in [0, 0.05) is 36.4 Å². The predicted octanol–water partition coefficient (Wildman–Crippen LogP) is 3.60. The number of aromatic nitrogens is 1. The molecule has 1 aromatic heterocycles. The van der Waals surface area contributed by atoms with Crippen LogP contribution >= 0.6 is 0 Å². The summed E-state index contributed by atoms with van der Waals surface area (Å²) in [6.45, 7) is 3.09. The van der Waals surface area contributed by atoms with Crippen LogP contribution in [-0.4, -0.2) is 41.6 Å². The van der Waals surface area contributed by atoms with Crippen molar-refractivity contribution in [1.82, 2.24) is 15.4 Å². The second-order valence-corrected chi connectivity index (χ2v) is 7.62. The van der Waals surface area contributed by atoms with Gasteiger partial charge in [0.05, 0.1) is 5.69 Å². The summed E-state index contributed by atoms with van der Waals surface area (Å²) >= 11 is 0. The van der Waals surface area contributed by atoms with Crippen LogP contribution in [0.1, 0.15) is 56.6 Å². The zero-order valence-corrected chi connectivity index (χ0v) is 15.0. The lowest BCUT2D eigenvalue weighted by molar-refractivity contribution is -0.121. The van der Waals surface area contributed by atoms with E-state index in [4.69, 9.17) is 4.52 Å². The van der Waals surface area contributed by atoms with Crippen LogP contribution in [0.3, 0.4) is 0 Å². The summed E-state index contributed by atoms with van der Waals surface area (Å²) in [4.78, 5) is 14.2. The maximum Gasteiger partial charge on any atom is 0.220 e. The summed E-state index contributed by atoms with van der Waals surface area (Å²) in [7, 11) is 0. The Labute approximate surface area is 152 Å². The summed E-state index contributed by atoms with van der Waals surface area (Å²) in [6.07, 6.45) is 7.05. The topological polar surface area (TPSA) is 58.4 Å². The minimum absolute atomic E-state index is 0.209. The lowest BCUT2D eigenvalue weighted by Gasteiger charge is -2.32. The van der Waals surface area contributed by atoms with Crippen molar-refractivity contribution in [3.63, 3.8) is 0 Å². The molecule has 2 aromatic rings. The van der Waals surface area contributed by atoms with Crippen LogP contribution in [0, 0.1) is 5.82 Å². The summed E-state index contributed by atoms with van der Waals surface area (Å²) in [5, 5.41) is 8.31. The molecule has 1 aromatic carbocycles. The van der Waals surface area contributed by atoms with Gasteiger partial charge in [0.15, 0.2) is 5.58 Å². The highest BCUT2D eigenvalue weighted by atomic mass is 19.1. The largest absolute Gasteiger partial charge is 0.356 e. The molecule has 2 aliphatic heterocycles. The summed E-state index contributed by atoms with van der Waals surface area (Å²) in [5.74, 6) is 0.289. The van der Waals surface area contributed by atoms with Crippen molar-refractivity contribution in [3.8, 4) is 0 Å². The third-order valence-corrected chi connectivity index (χ3v) is 5.80. The number of fused-ring (bicyclic) bond motifs is 1. The van der Waals surface area contributed by atoms with Gasteiger partial charge in [-0.15, -0.1) is 0 Å². The monoisotopic (exact) mass is 359 g/mol. The molecule has 2 saturated heterocycles. The Hall–Kier alpha value is -1.95. The maximum atomic E-state index is 13.3. The van der Waals surface area contributed by atoms with Gasteiger partial charge < -0.3 is 14.7 Å². The van der Waals surface area contributed by atoms with Crippen LogP contribution in [0.4, 0.5) is 4.39 Å². The third-order valence-electron chi connectivity index (χ3n) is 5.80. The van der Waals surface area contributed by atoms with Crippen molar-refractivity contribution in [2.45, 2.75) is 56.9 Å². The number of halogens is 1. The van der Waals surface area contributed by atoms with E-state index in [1.54, 1.807) is 6.07 Å². The Kier molecular flexibility index (Phi) is 5.20. The first-order chi connectivity index (χ1) is 12.7. The van der Waals surface area contributed by atoms with Gasteiger partial charge in [-0.1, -0.05) is 11.6 Å². The molecule has 26 heavy (non-hydrogen) atoms. The number of benzene rings is 1. The lowest BCUT2D eigenvalue weighted by atomic mass is 9.91.